The number of ether oxygens (including phenoxy) is 2. The van der Waals surface area contributed by atoms with Crippen LogP contribution >= 0.6 is 0 Å². The maximum absolute atomic E-state index is 12.1. The van der Waals surface area contributed by atoms with Crippen LogP contribution in [-0.2, 0) is 14.3 Å². The molecule has 2 aliphatic rings. The highest BCUT2D eigenvalue weighted by Crippen LogP contribution is 2.18. The first-order valence-electron chi connectivity index (χ1n) is 7.51. The van der Waals surface area contributed by atoms with Crippen molar-refractivity contribution in [2.45, 2.75) is 38.7 Å². The van der Waals surface area contributed by atoms with E-state index >= 15 is 0 Å². The lowest BCUT2D eigenvalue weighted by molar-refractivity contribution is -0.126. The summed E-state index contributed by atoms with van der Waals surface area (Å²) in [6.45, 7) is 4.78. The number of piperidine rings is 1. The average molecular weight is 284 g/mol. The molecule has 6 heteroatoms. The van der Waals surface area contributed by atoms with Gasteiger partial charge in [0.15, 0.2) is 0 Å². The van der Waals surface area contributed by atoms with Gasteiger partial charge in [0.25, 0.3) is 0 Å². The van der Waals surface area contributed by atoms with E-state index in [-0.39, 0.29) is 24.0 Å². The van der Waals surface area contributed by atoms with Crippen LogP contribution in [0.5, 0.6) is 0 Å². The van der Waals surface area contributed by atoms with Gasteiger partial charge in [-0.25, -0.2) is 4.79 Å². The number of likely N-dealkylation sites (tertiary alicyclic amines) is 1. The number of amides is 2. The van der Waals surface area contributed by atoms with Crippen LogP contribution in [0.25, 0.3) is 0 Å². The predicted molar refractivity (Wildman–Crippen MR) is 73.3 cm³/mol. The molecule has 0 aromatic heterocycles. The molecule has 0 aliphatic carbocycles. The monoisotopic (exact) mass is 284 g/mol. The molecule has 0 spiro atoms. The molecule has 2 saturated heterocycles. The highest BCUT2D eigenvalue weighted by atomic mass is 16.6. The Bertz CT molecular complexity index is 334. The van der Waals surface area contributed by atoms with Gasteiger partial charge in [0.1, 0.15) is 0 Å². The zero-order valence-electron chi connectivity index (χ0n) is 12.1. The summed E-state index contributed by atoms with van der Waals surface area (Å²) in [5.41, 5.74) is 0. The van der Waals surface area contributed by atoms with E-state index in [9.17, 15) is 9.59 Å². The van der Waals surface area contributed by atoms with Crippen molar-refractivity contribution in [3.8, 4) is 0 Å². The molecule has 6 nitrogen and oxygen atoms in total. The van der Waals surface area contributed by atoms with Crippen LogP contribution in [0.15, 0.2) is 0 Å². The zero-order valence-corrected chi connectivity index (χ0v) is 12.1. The van der Waals surface area contributed by atoms with Crippen LogP contribution in [0, 0.1) is 5.92 Å². The van der Waals surface area contributed by atoms with E-state index in [1.54, 1.807) is 11.8 Å². The molecule has 20 heavy (non-hydrogen) atoms. The molecule has 0 aromatic carbocycles. The molecule has 2 amide bonds. The molecule has 2 heterocycles. The van der Waals surface area contributed by atoms with Crippen molar-refractivity contribution in [3.63, 3.8) is 0 Å². The Morgan fingerprint density at radius 2 is 2.05 bits per heavy atom. The number of carbonyl (C=O) groups is 2. The third-order valence-electron chi connectivity index (χ3n) is 3.92. The molecule has 0 saturated carbocycles. The normalized spacial score (nSPS) is 23.6. The molecule has 0 bridgehead atoms. The summed E-state index contributed by atoms with van der Waals surface area (Å²) >= 11 is 0. The van der Waals surface area contributed by atoms with Gasteiger partial charge in [-0.3, -0.25) is 4.79 Å². The Hall–Kier alpha value is -1.30. The standard InChI is InChI=1S/C14H24N2O4/c1-2-19-14(18)16-7-5-11(6-8-16)13(17)15-10-12-4-3-9-20-12/h11-12H,2-10H2,1H3,(H,15,17). The first kappa shape index (κ1) is 15.1. The van der Waals surface area contributed by atoms with E-state index in [0.29, 0.717) is 39.1 Å². The van der Waals surface area contributed by atoms with Crippen molar-refractivity contribution in [2.75, 3.05) is 32.8 Å². The average Bonchev–Trinajstić information content (AvgIpc) is 2.98. The van der Waals surface area contributed by atoms with Crippen LogP contribution < -0.4 is 5.32 Å². The summed E-state index contributed by atoms with van der Waals surface area (Å²) in [5, 5.41) is 2.96. The van der Waals surface area contributed by atoms with Crippen LogP contribution in [0.3, 0.4) is 0 Å². The van der Waals surface area contributed by atoms with E-state index < -0.39 is 0 Å². The van der Waals surface area contributed by atoms with Gasteiger partial charge in [0, 0.05) is 32.2 Å². The summed E-state index contributed by atoms with van der Waals surface area (Å²) < 4.78 is 10.4. The summed E-state index contributed by atoms with van der Waals surface area (Å²) in [6, 6.07) is 0. The number of hydrogen-bond acceptors (Lipinski definition) is 4. The first-order chi connectivity index (χ1) is 9.70. The van der Waals surface area contributed by atoms with Crippen LogP contribution in [0.1, 0.15) is 32.6 Å². The van der Waals surface area contributed by atoms with Crippen LogP contribution in [-0.4, -0.2) is 55.9 Å². The van der Waals surface area contributed by atoms with Crippen LogP contribution in [0.2, 0.25) is 0 Å². The minimum Gasteiger partial charge on any atom is -0.450 e. The fraction of sp³-hybridized carbons (Fsp3) is 0.857. The molecule has 2 rings (SSSR count). The van der Waals surface area contributed by atoms with Gasteiger partial charge in [0.2, 0.25) is 5.91 Å². The maximum Gasteiger partial charge on any atom is 0.409 e. The van der Waals surface area contributed by atoms with Crippen LogP contribution in [0.4, 0.5) is 4.79 Å². The molecule has 114 valence electrons. The second kappa shape index (κ2) is 7.47. The van der Waals surface area contributed by atoms with Gasteiger partial charge >= 0.3 is 6.09 Å². The van der Waals surface area contributed by atoms with Crippen molar-refractivity contribution < 1.29 is 19.1 Å². The number of nitrogens with zero attached hydrogens (tertiary/aromatic N) is 1. The van der Waals surface area contributed by atoms with Gasteiger partial charge in [-0.1, -0.05) is 0 Å². The van der Waals surface area contributed by atoms with Gasteiger partial charge in [0.05, 0.1) is 12.7 Å². The number of rotatable bonds is 4. The summed E-state index contributed by atoms with van der Waals surface area (Å²) in [7, 11) is 0. The van der Waals surface area contributed by atoms with Gasteiger partial charge < -0.3 is 19.7 Å². The third kappa shape index (κ3) is 4.10. The molecular formula is C14H24N2O4. The topological polar surface area (TPSA) is 67.9 Å². The first-order valence-corrected chi connectivity index (χ1v) is 7.51. The lowest BCUT2D eigenvalue weighted by atomic mass is 9.96. The lowest BCUT2D eigenvalue weighted by Gasteiger charge is -2.30. The molecule has 1 unspecified atom stereocenters. The smallest absolute Gasteiger partial charge is 0.409 e. The van der Waals surface area contributed by atoms with E-state index in [0.717, 1.165) is 19.4 Å². The Morgan fingerprint density at radius 1 is 1.30 bits per heavy atom. The lowest BCUT2D eigenvalue weighted by Crippen LogP contribution is -2.44. The fourth-order valence-electron chi connectivity index (χ4n) is 2.70. The Labute approximate surface area is 119 Å². The third-order valence-corrected chi connectivity index (χ3v) is 3.92. The summed E-state index contributed by atoms with van der Waals surface area (Å²) in [4.78, 5) is 25.3. The van der Waals surface area contributed by atoms with E-state index in [4.69, 9.17) is 9.47 Å². The maximum atomic E-state index is 12.1. The molecule has 1 atom stereocenters. The van der Waals surface area contributed by atoms with E-state index in [2.05, 4.69) is 5.32 Å². The Morgan fingerprint density at radius 3 is 2.65 bits per heavy atom. The number of carbonyl (C=O) groups excluding carboxylic acids is 2. The van der Waals surface area contributed by atoms with E-state index in [1.165, 1.54) is 0 Å². The summed E-state index contributed by atoms with van der Waals surface area (Å²) in [5.74, 6) is 0.0890. The molecule has 0 aromatic rings. The van der Waals surface area contributed by atoms with E-state index in [1.807, 2.05) is 0 Å². The van der Waals surface area contributed by atoms with Crippen molar-refractivity contribution in [1.29, 1.82) is 0 Å². The van der Waals surface area contributed by atoms with Gasteiger partial charge in [-0.2, -0.15) is 0 Å². The second-order valence-corrected chi connectivity index (χ2v) is 5.34. The zero-order chi connectivity index (χ0) is 14.4. The predicted octanol–water partition coefficient (Wildman–Crippen LogP) is 1.15. The Kier molecular flexibility index (Phi) is 5.64. The van der Waals surface area contributed by atoms with Crippen molar-refractivity contribution in [2.24, 2.45) is 5.92 Å². The molecule has 2 fully saturated rings. The summed E-state index contributed by atoms with van der Waals surface area (Å²) in [6.07, 6.45) is 3.43. The fourth-order valence-corrected chi connectivity index (χ4v) is 2.70. The highest BCUT2D eigenvalue weighted by molar-refractivity contribution is 5.79. The van der Waals surface area contributed by atoms with Gasteiger partial charge in [-0.15, -0.1) is 0 Å². The quantitative estimate of drug-likeness (QED) is 0.841. The SMILES string of the molecule is CCOC(=O)N1CCC(C(=O)NCC2CCCO2)CC1. The number of hydrogen-bond donors (Lipinski definition) is 1. The molecule has 2 aliphatic heterocycles. The van der Waals surface area contributed by atoms with Crippen molar-refractivity contribution in [3.05, 3.63) is 0 Å². The number of nitrogens with one attached hydrogen (secondary N) is 1. The largest absolute Gasteiger partial charge is 0.450 e. The highest BCUT2D eigenvalue weighted by Gasteiger charge is 2.28. The van der Waals surface area contributed by atoms with Crippen molar-refractivity contribution in [1.82, 2.24) is 10.2 Å². The van der Waals surface area contributed by atoms with Gasteiger partial charge in [-0.05, 0) is 32.6 Å². The minimum atomic E-state index is -0.272. The molecule has 1 N–H and O–H groups in total. The Balaban J connectivity index is 1.67. The molecular weight excluding hydrogens is 260 g/mol. The second-order valence-electron chi connectivity index (χ2n) is 5.34. The van der Waals surface area contributed by atoms with Crippen molar-refractivity contribution >= 4 is 12.0 Å². The molecule has 0 radical (unpaired) electrons. The minimum absolute atomic E-state index is 0.00193.